The molecule has 0 amide bonds. The van der Waals surface area contributed by atoms with Gasteiger partial charge in [-0.2, -0.15) is 0 Å². The first-order chi connectivity index (χ1) is 9.85. The first-order valence-corrected chi connectivity index (χ1v) is 8.25. The molecule has 3 nitrogen and oxygen atoms in total. The van der Waals surface area contributed by atoms with Crippen LogP contribution in [-0.2, 0) is 10.0 Å². The summed E-state index contributed by atoms with van der Waals surface area (Å²) < 4.78 is 26.6. The fraction of sp³-hybridized carbons (Fsp3) is 0.176. The molecule has 21 heavy (non-hydrogen) atoms. The maximum atomic E-state index is 12.0. The lowest BCUT2D eigenvalue weighted by atomic mass is 10.1. The van der Waals surface area contributed by atoms with Crippen LogP contribution in [0.2, 0.25) is 0 Å². The van der Waals surface area contributed by atoms with E-state index in [1.807, 2.05) is 57.2 Å². The summed E-state index contributed by atoms with van der Waals surface area (Å²) in [6.45, 7) is 5.94. The molecule has 2 rings (SSSR count). The van der Waals surface area contributed by atoms with E-state index in [4.69, 9.17) is 0 Å². The highest BCUT2D eigenvalue weighted by atomic mass is 32.2. The zero-order valence-electron chi connectivity index (χ0n) is 12.4. The van der Waals surface area contributed by atoms with Crippen molar-refractivity contribution in [2.75, 3.05) is 4.72 Å². The van der Waals surface area contributed by atoms with Crippen molar-refractivity contribution >= 4 is 21.8 Å². The van der Waals surface area contributed by atoms with Crippen molar-refractivity contribution in [3.8, 4) is 0 Å². The van der Waals surface area contributed by atoms with Gasteiger partial charge in [-0.1, -0.05) is 35.9 Å². The van der Waals surface area contributed by atoms with Gasteiger partial charge in [-0.25, -0.2) is 8.42 Å². The molecule has 4 heteroatoms. The molecule has 0 bridgehead atoms. The van der Waals surface area contributed by atoms with Gasteiger partial charge >= 0.3 is 0 Å². The molecule has 1 N–H and O–H groups in total. The third-order valence-corrected chi connectivity index (χ3v) is 4.30. The maximum Gasteiger partial charge on any atom is 0.255 e. The van der Waals surface area contributed by atoms with E-state index >= 15 is 0 Å². The molecule has 2 aromatic rings. The SMILES string of the molecule is Cc1ccc(/C=C/S(=O)(=O)Nc2ccc(C)c(C)c2)cc1. The first kappa shape index (κ1) is 15.3. The Morgan fingerprint density at radius 2 is 1.57 bits per heavy atom. The standard InChI is InChI=1S/C17H19NO2S/c1-13-4-7-16(8-5-13)10-11-21(19,20)18-17-9-6-14(2)15(3)12-17/h4-12,18H,1-3H3/b11-10+. The molecule has 0 aliphatic carbocycles. The van der Waals surface area contributed by atoms with Gasteiger partial charge in [-0.05, 0) is 55.7 Å². The Balaban J connectivity index is 2.14. The lowest BCUT2D eigenvalue weighted by Crippen LogP contribution is -2.09. The molecule has 0 radical (unpaired) electrons. The second kappa shape index (κ2) is 6.14. The Bertz CT molecular complexity index is 760. The quantitative estimate of drug-likeness (QED) is 0.927. The average Bonchev–Trinajstić information content (AvgIpc) is 2.42. The van der Waals surface area contributed by atoms with Gasteiger partial charge in [0.25, 0.3) is 10.0 Å². The Kier molecular flexibility index (Phi) is 4.48. The van der Waals surface area contributed by atoms with Crippen LogP contribution in [0.5, 0.6) is 0 Å². The molecular weight excluding hydrogens is 282 g/mol. The van der Waals surface area contributed by atoms with Gasteiger partial charge in [0, 0.05) is 5.69 Å². The molecule has 0 fully saturated rings. The summed E-state index contributed by atoms with van der Waals surface area (Å²) in [4.78, 5) is 0. The topological polar surface area (TPSA) is 46.2 Å². The Morgan fingerprint density at radius 3 is 2.19 bits per heavy atom. The molecule has 0 unspecified atom stereocenters. The van der Waals surface area contributed by atoms with Crippen LogP contribution < -0.4 is 4.72 Å². The number of anilines is 1. The smallest absolute Gasteiger partial charge is 0.255 e. The third kappa shape index (κ3) is 4.46. The molecule has 0 saturated carbocycles. The predicted molar refractivity (Wildman–Crippen MR) is 88.7 cm³/mol. The lowest BCUT2D eigenvalue weighted by Gasteiger charge is -2.07. The van der Waals surface area contributed by atoms with E-state index in [9.17, 15) is 8.42 Å². The minimum Gasteiger partial charge on any atom is -0.280 e. The van der Waals surface area contributed by atoms with Gasteiger partial charge in [-0.15, -0.1) is 0 Å². The van der Waals surface area contributed by atoms with Gasteiger partial charge in [0.1, 0.15) is 0 Å². The summed E-state index contributed by atoms with van der Waals surface area (Å²) >= 11 is 0. The Morgan fingerprint density at radius 1 is 0.905 bits per heavy atom. The van der Waals surface area contributed by atoms with Crippen molar-refractivity contribution in [2.45, 2.75) is 20.8 Å². The predicted octanol–water partition coefficient (Wildman–Crippen LogP) is 4.02. The second-order valence-corrected chi connectivity index (χ2v) is 6.73. The van der Waals surface area contributed by atoms with E-state index in [0.717, 1.165) is 22.3 Å². The molecular formula is C17H19NO2S. The van der Waals surface area contributed by atoms with E-state index < -0.39 is 10.0 Å². The minimum atomic E-state index is -3.50. The highest BCUT2D eigenvalue weighted by Crippen LogP contribution is 2.16. The van der Waals surface area contributed by atoms with Crippen LogP contribution in [0, 0.1) is 20.8 Å². The third-order valence-electron chi connectivity index (χ3n) is 3.28. The van der Waals surface area contributed by atoms with Crippen LogP contribution in [0.1, 0.15) is 22.3 Å². The van der Waals surface area contributed by atoms with Crippen molar-refractivity contribution in [1.29, 1.82) is 0 Å². The Labute approximate surface area is 126 Å². The summed E-state index contributed by atoms with van der Waals surface area (Å²) in [5, 5.41) is 1.19. The fourth-order valence-electron chi connectivity index (χ4n) is 1.85. The fourth-order valence-corrected chi connectivity index (χ4v) is 2.71. The van der Waals surface area contributed by atoms with Gasteiger partial charge < -0.3 is 0 Å². The molecule has 0 spiro atoms. The highest BCUT2D eigenvalue weighted by Gasteiger charge is 2.06. The van der Waals surface area contributed by atoms with Crippen molar-refractivity contribution < 1.29 is 8.42 Å². The van der Waals surface area contributed by atoms with E-state index in [0.29, 0.717) is 5.69 Å². The summed E-state index contributed by atoms with van der Waals surface area (Å²) in [6.07, 6.45) is 1.59. The number of hydrogen-bond acceptors (Lipinski definition) is 2. The minimum absolute atomic E-state index is 0.576. The first-order valence-electron chi connectivity index (χ1n) is 6.70. The van der Waals surface area contributed by atoms with Gasteiger partial charge in [0.15, 0.2) is 0 Å². The zero-order chi connectivity index (χ0) is 15.5. The summed E-state index contributed by atoms with van der Waals surface area (Å²) in [5.41, 5.74) is 4.76. The van der Waals surface area contributed by atoms with Crippen molar-refractivity contribution in [3.63, 3.8) is 0 Å². The summed E-state index contributed by atoms with van der Waals surface area (Å²) in [5.74, 6) is 0. The number of hydrogen-bond donors (Lipinski definition) is 1. The van der Waals surface area contributed by atoms with Crippen LogP contribution in [0.4, 0.5) is 5.69 Å². The van der Waals surface area contributed by atoms with Crippen LogP contribution >= 0.6 is 0 Å². The molecule has 0 heterocycles. The number of sulfonamides is 1. The molecule has 2 aromatic carbocycles. The van der Waals surface area contributed by atoms with E-state index in [1.54, 1.807) is 12.1 Å². The molecule has 0 atom stereocenters. The molecule has 0 aliphatic rings. The van der Waals surface area contributed by atoms with Gasteiger partial charge in [0.2, 0.25) is 0 Å². The van der Waals surface area contributed by atoms with Gasteiger partial charge in [-0.3, -0.25) is 4.72 Å². The van der Waals surface area contributed by atoms with Crippen LogP contribution in [0.3, 0.4) is 0 Å². The summed E-state index contributed by atoms with van der Waals surface area (Å²) in [6, 6.07) is 13.2. The van der Waals surface area contributed by atoms with Crippen molar-refractivity contribution in [2.24, 2.45) is 0 Å². The number of nitrogens with one attached hydrogen (secondary N) is 1. The number of aryl methyl sites for hydroxylation is 3. The van der Waals surface area contributed by atoms with Gasteiger partial charge in [0.05, 0.1) is 5.41 Å². The molecule has 110 valence electrons. The maximum absolute atomic E-state index is 12.0. The van der Waals surface area contributed by atoms with Crippen LogP contribution in [0.25, 0.3) is 6.08 Å². The number of benzene rings is 2. The van der Waals surface area contributed by atoms with Crippen LogP contribution in [-0.4, -0.2) is 8.42 Å². The Hall–Kier alpha value is -2.07. The zero-order valence-corrected chi connectivity index (χ0v) is 13.2. The summed E-state index contributed by atoms with van der Waals surface area (Å²) in [7, 11) is -3.50. The average molecular weight is 301 g/mol. The van der Waals surface area contributed by atoms with Crippen molar-refractivity contribution in [1.82, 2.24) is 0 Å². The molecule has 0 aromatic heterocycles. The molecule has 0 aliphatic heterocycles. The monoisotopic (exact) mass is 301 g/mol. The normalized spacial score (nSPS) is 11.8. The van der Waals surface area contributed by atoms with E-state index in [-0.39, 0.29) is 0 Å². The number of rotatable bonds is 4. The molecule has 0 saturated heterocycles. The van der Waals surface area contributed by atoms with Crippen molar-refractivity contribution in [3.05, 3.63) is 70.1 Å². The largest absolute Gasteiger partial charge is 0.280 e. The highest BCUT2D eigenvalue weighted by molar-refractivity contribution is 7.95. The van der Waals surface area contributed by atoms with E-state index in [1.165, 1.54) is 5.41 Å². The van der Waals surface area contributed by atoms with Crippen LogP contribution in [0.15, 0.2) is 47.9 Å². The van der Waals surface area contributed by atoms with E-state index in [2.05, 4.69) is 4.72 Å². The lowest BCUT2D eigenvalue weighted by molar-refractivity contribution is 0.609. The second-order valence-electron chi connectivity index (χ2n) is 5.16.